The van der Waals surface area contributed by atoms with Gasteiger partial charge in [-0.2, -0.15) is 5.26 Å². The Morgan fingerprint density at radius 3 is 2.93 bits per heavy atom. The molecule has 14 heavy (non-hydrogen) atoms. The van der Waals surface area contributed by atoms with Crippen LogP contribution in [0.4, 0.5) is 4.39 Å². The van der Waals surface area contributed by atoms with Gasteiger partial charge in [0, 0.05) is 17.7 Å². The number of hydrogen-bond acceptors (Lipinski definition) is 2. The lowest BCUT2D eigenvalue weighted by Crippen LogP contribution is -1.92. The lowest BCUT2D eigenvalue weighted by molar-refractivity contribution is 0.338. The molecule has 3 heteroatoms. The van der Waals surface area contributed by atoms with Crippen LogP contribution in [-0.2, 0) is 0 Å². The zero-order valence-corrected chi connectivity index (χ0v) is 7.83. The predicted octanol–water partition coefficient (Wildman–Crippen LogP) is 2.76. The molecule has 0 aliphatic heterocycles. The number of hydrogen-bond donors (Lipinski definition) is 0. The fraction of sp³-hybridized carbons (Fsp3) is 0.182. The number of nitrogens with zero attached hydrogens (tertiary/aromatic N) is 1. The second kappa shape index (κ2) is 5.03. The van der Waals surface area contributed by atoms with Crippen LogP contribution in [0.5, 0.6) is 5.75 Å². The summed E-state index contributed by atoms with van der Waals surface area (Å²) in [6.07, 6.45) is 2.66. The van der Waals surface area contributed by atoms with Gasteiger partial charge < -0.3 is 4.74 Å². The SMILES string of the molecule is CCOc1ccc(C=CC#N)c(F)c1. The van der Waals surface area contributed by atoms with Gasteiger partial charge in [0.15, 0.2) is 0 Å². The van der Waals surface area contributed by atoms with Crippen molar-refractivity contribution < 1.29 is 9.13 Å². The summed E-state index contributed by atoms with van der Waals surface area (Å²) in [5, 5.41) is 8.27. The predicted molar refractivity (Wildman–Crippen MR) is 52.2 cm³/mol. The van der Waals surface area contributed by atoms with E-state index < -0.39 is 0 Å². The van der Waals surface area contributed by atoms with Gasteiger partial charge in [-0.05, 0) is 25.1 Å². The van der Waals surface area contributed by atoms with Crippen LogP contribution in [0.3, 0.4) is 0 Å². The molecule has 0 atom stereocenters. The maximum absolute atomic E-state index is 13.3. The Hall–Kier alpha value is -1.82. The van der Waals surface area contributed by atoms with E-state index in [0.29, 0.717) is 17.9 Å². The second-order valence-electron chi connectivity index (χ2n) is 2.58. The molecular formula is C11H10FNO. The van der Waals surface area contributed by atoms with E-state index in [1.54, 1.807) is 18.2 Å². The van der Waals surface area contributed by atoms with Crippen LogP contribution in [0, 0.1) is 17.1 Å². The maximum Gasteiger partial charge on any atom is 0.134 e. The number of allylic oxidation sites excluding steroid dienone is 1. The van der Waals surface area contributed by atoms with Gasteiger partial charge in [-0.25, -0.2) is 4.39 Å². The average Bonchev–Trinajstić information content (AvgIpc) is 2.17. The molecule has 0 heterocycles. The van der Waals surface area contributed by atoms with Gasteiger partial charge in [-0.3, -0.25) is 0 Å². The van der Waals surface area contributed by atoms with Crippen LogP contribution in [0.2, 0.25) is 0 Å². The molecule has 0 unspecified atom stereocenters. The normalized spacial score (nSPS) is 10.1. The van der Waals surface area contributed by atoms with Crippen molar-refractivity contribution in [2.24, 2.45) is 0 Å². The molecule has 72 valence electrons. The number of halogens is 1. The summed E-state index contributed by atoms with van der Waals surface area (Å²) in [6.45, 7) is 2.34. The number of rotatable bonds is 3. The molecule has 0 radical (unpaired) electrons. The molecule has 0 amide bonds. The molecular weight excluding hydrogens is 181 g/mol. The third-order valence-electron chi connectivity index (χ3n) is 1.62. The van der Waals surface area contributed by atoms with Crippen LogP contribution in [0.15, 0.2) is 24.3 Å². The summed E-state index contributed by atoms with van der Waals surface area (Å²) in [7, 11) is 0. The molecule has 0 spiro atoms. The van der Waals surface area contributed by atoms with E-state index in [2.05, 4.69) is 0 Å². The molecule has 0 bridgehead atoms. The maximum atomic E-state index is 13.3. The molecule has 2 nitrogen and oxygen atoms in total. The fourth-order valence-corrected chi connectivity index (χ4v) is 1.03. The zero-order valence-electron chi connectivity index (χ0n) is 7.83. The van der Waals surface area contributed by atoms with E-state index in [-0.39, 0.29) is 5.82 Å². The van der Waals surface area contributed by atoms with Crippen molar-refractivity contribution in [2.45, 2.75) is 6.92 Å². The smallest absolute Gasteiger partial charge is 0.134 e. The first-order chi connectivity index (χ1) is 6.77. The molecule has 0 aromatic heterocycles. The topological polar surface area (TPSA) is 33.0 Å². The highest BCUT2D eigenvalue weighted by Gasteiger charge is 2.00. The van der Waals surface area contributed by atoms with Crippen LogP contribution in [0.1, 0.15) is 12.5 Å². The highest BCUT2D eigenvalue weighted by Crippen LogP contribution is 2.17. The van der Waals surface area contributed by atoms with Gasteiger partial charge in [-0.15, -0.1) is 0 Å². The first kappa shape index (κ1) is 10.3. The van der Waals surface area contributed by atoms with Gasteiger partial charge in [0.2, 0.25) is 0 Å². The molecule has 0 N–H and O–H groups in total. The van der Waals surface area contributed by atoms with Gasteiger partial charge in [-0.1, -0.05) is 0 Å². The van der Waals surface area contributed by atoms with Crippen molar-refractivity contribution in [3.63, 3.8) is 0 Å². The summed E-state index contributed by atoms with van der Waals surface area (Å²) >= 11 is 0. The third kappa shape index (κ3) is 2.60. The monoisotopic (exact) mass is 191 g/mol. The van der Waals surface area contributed by atoms with Crippen molar-refractivity contribution in [2.75, 3.05) is 6.61 Å². The second-order valence-corrected chi connectivity index (χ2v) is 2.58. The number of nitriles is 1. The highest BCUT2D eigenvalue weighted by atomic mass is 19.1. The summed E-state index contributed by atoms with van der Waals surface area (Å²) < 4.78 is 18.4. The van der Waals surface area contributed by atoms with Crippen molar-refractivity contribution in [3.8, 4) is 11.8 Å². The van der Waals surface area contributed by atoms with Crippen LogP contribution in [-0.4, -0.2) is 6.61 Å². The Morgan fingerprint density at radius 2 is 2.36 bits per heavy atom. The molecule has 0 saturated heterocycles. The molecule has 1 rings (SSSR count). The van der Waals surface area contributed by atoms with E-state index in [1.165, 1.54) is 18.2 Å². The lowest BCUT2D eigenvalue weighted by atomic mass is 10.2. The van der Waals surface area contributed by atoms with Crippen molar-refractivity contribution in [3.05, 3.63) is 35.7 Å². The molecule has 1 aromatic carbocycles. The van der Waals surface area contributed by atoms with E-state index in [9.17, 15) is 4.39 Å². The van der Waals surface area contributed by atoms with E-state index in [1.807, 2.05) is 6.92 Å². The van der Waals surface area contributed by atoms with Gasteiger partial charge >= 0.3 is 0 Å². The summed E-state index contributed by atoms with van der Waals surface area (Å²) in [5.74, 6) is 0.113. The van der Waals surface area contributed by atoms with E-state index in [0.717, 1.165) is 0 Å². The van der Waals surface area contributed by atoms with Crippen LogP contribution in [0.25, 0.3) is 6.08 Å². The number of ether oxygens (including phenoxy) is 1. The highest BCUT2D eigenvalue weighted by molar-refractivity contribution is 5.53. The number of benzene rings is 1. The molecule has 0 saturated carbocycles. The standard InChI is InChI=1S/C11H10FNO/c1-2-14-10-6-5-9(4-3-7-13)11(12)8-10/h3-6,8H,2H2,1H3. The zero-order chi connectivity index (χ0) is 10.4. The van der Waals surface area contributed by atoms with Crippen molar-refractivity contribution >= 4 is 6.08 Å². The average molecular weight is 191 g/mol. The Labute approximate surface area is 82.2 Å². The lowest BCUT2D eigenvalue weighted by Gasteiger charge is -2.03. The van der Waals surface area contributed by atoms with Crippen LogP contribution < -0.4 is 4.74 Å². The largest absolute Gasteiger partial charge is 0.494 e. The van der Waals surface area contributed by atoms with E-state index >= 15 is 0 Å². The van der Waals surface area contributed by atoms with E-state index in [4.69, 9.17) is 10.00 Å². The molecule has 0 aliphatic rings. The minimum absolute atomic E-state index is 0.384. The quantitative estimate of drug-likeness (QED) is 0.688. The van der Waals surface area contributed by atoms with Crippen molar-refractivity contribution in [1.82, 2.24) is 0 Å². The first-order valence-electron chi connectivity index (χ1n) is 4.26. The Kier molecular flexibility index (Phi) is 3.69. The van der Waals surface area contributed by atoms with Crippen molar-refractivity contribution in [1.29, 1.82) is 5.26 Å². The minimum atomic E-state index is -0.387. The summed E-state index contributed by atoms with van der Waals surface area (Å²) in [6, 6.07) is 6.36. The Balaban J connectivity index is 2.91. The van der Waals surface area contributed by atoms with Gasteiger partial charge in [0.1, 0.15) is 11.6 Å². The third-order valence-corrected chi connectivity index (χ3v) is 1.62. The Morgan fingerprint density at radius 1 is 1.57 bits per heavy atom. The first-order valence-corrected chi connectivity index (χ1v) is 4.26. The summed E-state index contributed by atoms with van der Waals surface area (Å²) in [4.78, 5) is 0. The Bertz CT molecular complexity index is 379. The molecule has 0 fully saturated rings. The van der Waals surface area contributed by atoms with Crippen LogP contribution >= 0.6 is 0 Å². The molecule has 0 aliphatic carbocycles. The summed E-state index contributed by atoms with van der Waals surface area (Å²) in [5.41, 5.74) is 0.384. The van der Waals surface area contributed by atoms with Gasteiger partial charge in [0.25, 0.3) is 0 Å². The molecule has 1 aromatic rings. The van der Waals surface area contributed by atoms with Gasteiger partial charge in [0.05, 0.1) is 12.7 Å². The fourth-order valence-electron chi connectivity index (χ4n) is 1.03. The minimum Gasteiger partial charge on any atom is -0.494 e.